The zero-order chi connectivity index (χ0) is 30.2. The van der Waals surface area contributed by atoms with Crippen LogP contribution in [0.5, 0.6) is 11.5 Å². The Kier molecular flexibility index (Phi) is 7.50. The Labute approximate surface area is 252 Å². The molecule has 0 amide bonds. The highest BCUT2D eigenvalue weighted by molar-refractivity contribution is 7.07. The first-order valence-corrected chi connectivity index (χ1v) is 14.8. The van der Waals surface area contributed by atoms with Gasteiger partial charge in [0.05, 0.1) is 48.4 Å². The summed E-state index contributed by atoms with van der Waals surface area (Å²) in [6.45, 7) is 5.78. The fourth-order valence-corrected chi connectivity index (χ4v) is 6.66. The molecule has 1 aliphatic heterocycles. The number of carbonyl (C=O) groups excluding carboxylic acids is 1. The maximum Gasteiger partial charge on any atom is 0.338 e. The van der Waals surface area contributed by atoms with Crippen molar-refractivity contribution in [3.8, 4) is 22.8 Å². The highest BCUT2D eigenvalue weighted by Gasteiger charge is 2.34. The Morgan fingerprint density at radius 1 is 1.02 bits per heavy atom. The van der Waals surface area contributed by atoms with Crippen molar-refractivity contribution in [2.75, 3.05) is 20.8 Å². The molecule has 6 rings (SSSR count). The van der Waals surface area contributed by atoms with Crippen LogP contribution in [-0.2, 0) is 9.53 Å². The largest absolute Gasteiger partial charge is 0.493 e. The number of ether oxygens (including phenoxy) is 3. The van der Waals surface area contributed by atoms with Crippen LogP contribution in [0.1, 0.15) is 36.6 Å². The average molecular weight is 594 g/mol. The molecule has 2 aromatic heterocycles. The molecule has 0 bridgehead atoms. The Balaban J connectivity index is 1.62. The van der Waals surface area contributed by atoms with Crippen molar-refractivity contribution in [1.29, 1.82) is 0 Å². The Morgan fingerprint density at radius 2 is 1.79 bits per heavy atom. The van der Waals surface area contributed by atoms with Crippen LogP contribution >= 0.6 is 11.3 Å². The second kappa shape index (κ2) is 11.4. The summed E-state index contributed by atoms with van der Waals surface area (Å²) in [6, 6.07) is 20.8. The third-order valence-corrected chi connectivity index (χ3v) is 8.64. The molecular weight excluding hydrogens is 562 g/mol. The number of benzene rings is 3. The molecule has 1 atom stereocenters. The first-order chi connectivity index (χ1) is 20.9. The number of fused-ring (bicyclic) bond motifs is 2. The zero-order valence-electron chi connectivity index (χ0n) is 24.6. The Bertz CT molecular complexity index is 2090. The molecule has 8 nitrogen and oxygen atoms in total. The van der Waals surface area contributed by atoms with Crippen molar-refractivity contribution in [1.82, 2.24) is 9.55 Å². The standard InChI is InChI=1S/C34H31N3O5S/c1-6-42-33(39)28-20(3)35-34-37(31(28)22-15-16-25(40-4)26(17-22)41-5)32(38)27(43-34)18-24-23-14-10-11-19(2)29(23)36-30(24)21-12-8-7-9-13-21/h7-18,31,36H,6H2,1-5H3/b27-18+/t31-/m0/s1. The fourth-order valence-electron chi connectivity index (χ4n) is 5.63. The summed E-state index contributed by atoms with van der Waals surface area (Å²) < 4.78 is 18.5. The smallest absolute Gasteiger partial charge is 0.338 e. The number of H-pyrrole nitrogens is 1. The summed E-state index contributed by atoms with van der Waals surface area (Å²) >= 11 is 1.30. The molecule has 0 spiro atoms. The number of aromatic amines is 1. The van der Waals surface area contributed by atoms with Gasteiger partial charge in [-0.25, -0.2) is 9.79 Å². The molecule has 3 aromatic carbocycles. The van der Waals surface area contributed by atoms with Crippen molar-refractivity contribution in [2.24, 2.45) is 4.99 Å². The number of rotatable bonds is 7. The van der Waals surface area contributed by atoms with E-state index in [0.29, 0.717) is 37.7 Å². The molecule has 0 unspecified atom stereocenters. The Morgan fingerprint density at radius 3 is 2.51 bits per heavy atom. The van der Waals surface area contributed by atoms with E-state index in [1.54, 1.807) is 44.8 Å². The van der Waals surface area contributed by atoms with Crippen LogP contribution in [-0.4, -0.2) is 36.3 Å². The molecule has 0 aliphatic carbocycles. The summed E-state index contributed by atoms with van der Waals surface area (Å²) in [4.78, 5) is 36.5. The van der Waals surface area contributed by atoms with Gasteiger partial charge >= 0.3 is 5.97 Å². The van der Waals surface area contributed by atoms with Gasteiger partial charge in [-0.3, -0.25) is 9.36 Å². The number of carbonyl (C=O) groups is 1. The number of esters is 1. The van der Waals surface area contributed by atoms with Gasteiger partial charge in [-0.1, -0.05) is 65.9 Å². The lowest BCUT2D eigenvalue weighted by Crippen LogP contribution is -2.40. The van der Waals surface area contributed by atoms with Gasteiger partial charge < -0.3 is 19.2 Å². The highest BCUT2D eigenvalue weighted by atomic mass is 32.1. The van der Waals surface area contributed by atoms with E-state index >= 15 is 0 Å². The molecule has 5 aromatic rings. The van der Waals surface area contributed by atoms with Crippen LogP contribution in [0.2, 0.25) is 0 Å². The number of nitrogens with one attached hydrogen (secondary N) is 1. The van der Waals surface area contributed by atoms with Crippen molar-refractivity contribution in [3.63, 3.8) is 0 Å². The van der Waals surface area contributed by atoms with Crippen LogP contribution < -0.4 is 24.4 Å². The number of allylic oxidation sites excluding steroid dienone is 1. The number of aryl methyl sites for hydroxylation is 1. The third kappa shape index (κ3) is 4.85. The van der Waals surface area contributed by atoms with Gasteiger partial charge in [0, 0.05) is 16.5 Å². The summed E-state index contributed by atoms with van der Waals surface area (Å²) in [6.07, 6.45) is 1.93. The van der Waals surface area contributed by atoms with Crippen LogP contribution in [0.15, 0.2) is 87.8 Å². The van der Waals surface area contributed by atoms with Gasteiger partial charge in [0.1, 0.15) is 0 Å². The maximum atomic E-state index is 14.3. The molecule has 9 heteroatoms. The molecule has 3 heterocycles. The molecule has 1 aliphatic rings. The van der Waals surface area contributed by atoms with Crippen LogP contribution in [0.4, 0.5) is 0 Å². The second-order valence-electron chi connectivity index (χ2n) is 10.2. The van der Waals surface area contributed by atoms with Gasteiger partial charge in [0.2, 0.25) is 0 Å². The summed E-state index contributed by atoms with van der Waals surface area (Å²) in [5, 5.41) is 1.02. The lowest BCUT2D eigenvalue weighted by atomic mass is 9.95. The third-order valence-electron chi connectivity index (χ3n) is 7.66. The molecule has 0 saturated carbocycles. The number of methoxy groups -OCH3 is 2. The number of hydrogen-bond acceptors (Lipinski definition) is 7. The van der Waals surface area contributed by atoms with Gasteiger partial charge in [-0.15, -0.1) is 0 Å². The maximum absolute atomic E-state index is 14.3. The van der Waals surface area contributed by atoms with E-state index in [0.717, 1.165) is 33.3 Å². The highest BCUT2D eigenvalue weighted by Crippen LogP contribution is 2.36. The van der Waals surface area contributed by atoms with E-state index in [1.807, 2.05) is 48.5 Å². The number of aromatic nitrogens is 2. The quantitative estimate of drug-likeness (QED) is 0.260. The number of thiazole rings is 1. The molecule has 0 radical (unpaired) electrons. The Hall–Kier alpha value is -4.89. The van der Waals surface area contributed by atoms with E-state index in [-0.39, 0.29) is 12.2 Å². The molecular formula is C34H31N3O5S. The lowest BCUT2D eigenvalue weighted by molar-refractivity contribution is -0.139. The molecule has 218 valence electrons. The van der Waals surface area contributed by atoms with Crippen LogP contribution in [0, 0.1) is 6.92 Å². The van der Waals surface area contributed by atoms with Crippen molar-refractivity contribution < 1.29 is 19.0 Å². The van der Waals surface area contributed by atoms with Gasteiger partial charge in [0.15, 0.2) is 16.3 Å². The summed E-state index contributed by atoms with van der Waals surface area (Å²) in [7, 11) is 3.11. The zero-order valence-corrected chi connectivity index (χ0v) is 25.4. The SMILES string of the molecule is CCOC(=O)C1=C(C)N=c2s/c(=C/c3c(-c4ccccc4)[nH]c4c(C)cccc34)c(=O)n2[C@H]1c1ccc(OC)c(OC)c1. The van der Waals surface area contributed by atoms with Crippen molar-refractivity contribution >= 4 is 34.3 Å². The fraction of sp³-hybridized carbons (Fsp3) is 0.206. The molecule has 0 saturated heterocycles. The van der Waals surface area contributed by atoms with Gasteiger partial charge in [0.25, 0.3) is 5.56 Å². The first-order valence-electron chi connectivity index (χ1n) is 13.9. The normalized spacial score (nSPS) is 14.9. The predicted molar refractivity (Wildman–Crippen MR) is 168 cm³/mol. The number of para-hydroxylation sites is 1. The van der Waals surface area contributed by atoms with Crippen molar-refractivity contribution in [2.45, 2.75) is 26.8 Å². The minimum atomic E-state index is -0.768. The summed E-state index contributed by atoms with van der Waals surface area (Å²) in [5.74, 6) is 0.512. The van der Waals surface area contributed by atoms with E-state index in [9.17, 15) is 9.59 Å². The van der Waals surface area contributed by atoms with Crippen LogP contribution in [0.25, 0.3) is 28.2 Å². The van der Waals surface area contributed by atoms with Crippen molar-refractivity contribution in [3.05, 3.63) is 114 Å². The van der Waals surface area contributed by atoms with E-state index in [1.165, 1.54) is 11.3 Å². The van der Waals surface area contributed by atoms with E-state index in [4.69, 9.17) is 19.2 Å². The van der Waals surface area contributed by atoms with E-state index < -0.39 is 12.0 Å². The number of nitrogens with zero attached hydrogens (tertiary/aromatic N) is 2. The minimum absolute atomic E-state index is 0.195. The minimum Gasteiger partial charge on any atom is -0.493 e. The van der Waals surface area contributed by atoms with Gasteiger partial charge in [-0.2, -0.15) is 0 Å². The van der Waals surface area contributed by atoms with E-state index in [2.05, 4.69) is 24.0 Å². The van der Waals surface area contributed by atoms with Gasteiger partial charge in [-0.05, 0) is 55.7 Å². The predicted octanol–water partition coefficient (Wildman–Crippen LogP) is 5.27. The lowest BCUT2D eigenvalue weighted by Gasteiger charge is -2.25. The topological polar surface area (TPSA) is 94.9 Å². The number of hydrogen-bond donors (Lipinski definition) is 1. The summed E-state index contributed by atoms with van der Waals surface area (Å²) in [5.41, 5.74) is 6.21. The molecule has 43 heavy (non-hydrogen) atoms. The molecule has 1 N–H and O–H groups in total. The second-order valence-corrected chi connectivity index (χ2v) is 11.2. The first kappa shape index (κ1) is 28.2. The average Bonchev–Trinajstić information content (AvgIpc) is 3.54. The molecule has 0 fully saturated rings. The van der Waals surface area contributed by atoms with Crippen LogP contribution in [0.3, 0.4) is 0 Å². The monoisotopic (exact) mass is 593 g/mol.